The second-order valence-electron chi connectivity index (χ2n) is 8.95. The van der Waals surface area contributed by atoms with Crippen LogP contribution in [0.3, 0.4) is 0 Å². The highest BCUT2D eigenvalue weighted by molar-refractivity contribution is 5.72. The third-order valence-corrected chi connectivity index (χ3v) is 5.55. The van der Waals surface area contributed by atoms with Gasteiger partial charge >= 0.3 is 5.97 Å². The minimum absolute atomic E-state index is 0.0860. The Balaban J connectivity index is 1.26. The number of hydrogen-bond acceptors (Lipinski definition) is 10. The highest BCUT2D eigenvalue weighted by Crippen LogP contribution is 2.29. The molecule has 0 aliphatic rings. The highest BCUT2D eigenvalue weighted by Gasteiger charge is 2.28. The molecule has 0 bridgehead atoms. The molecular formula is C30H39F5O10. The summed E-state index contributed by atoms with van der Waals surface area (Å²) in [4.78, 5) is 11.6. The summed E-state index contributed by atoms with van der Waals surface area (Å²) < 4.78 is 114. The van der Waals surface area contributed by atoms with Gasteiger partial charge in [0.15, 0.2) is 0 Å². The molecule has 15 heteroatoms. The zero-order chi connectivity index (χ0) is 32.5. The molecule has 254 valence electrons. The molecule has 0 heterocycles. The Morgan fingerprint density at radius 2 is 0.778 bits per heavy atom. The first-order valence-corrected chi connectivity index (χ1v) is 14.3. The number of esters is 1. The predicted molar refractivity (Wildman–Crippen MR) is 148 cm³/mol. The first kappa shape index (κ1) is 38.4. The molecule has 0 aliphatic heterocycles. The van der Waals surface area contributed by atoms with Gasteiger partial charge in [-0.3, -0.25) is 4.79 Å². The summed E-state index contributed by atoms with van der Waals surface area (Å²) in [5, 5.41) is 0. The van der Waals surface area contributed by atoms with Crippen LogP contribution in [0.15, 0.2) is 30.3 Å². The van der Waals surface area contributed by atoms with Gasteiger partial charge in [0, 0.05) is 0 Å². The van der Waals surface area contributed by atoms with E-state index < -0.39 is 47.2 Å². The third-order valence-electron chi connectivity index (χ3n) is 5.55. The molecule has 10 nitrogen and oxygen atoms in total. The number of benzene rings is 2. The van der Waals surface area contributed by atoms with Gasteiger partial charge in [0.2, 0.25) is 34.8 Å². The number of carbonyl (C=O) groups is 1. The zero-order valence-corrected chi connectivity index (χ0v) is 24.9. The largest absolute Gasteiger partial charge is 0.420 e. The summed E-state index contributed by atoms with van der Waals surface area (Å²) in [5.74, 6) is -14.1. The van der Waals surface area contributed by atoms with E-state index in [0.717, 1.165) is 5.56 Å². The van der Waals surface area contributed by atoms with E-state index >= 15 is 0 Å². The van der Waals surface area contributed by atoms with E-state index in [1.54, 1.807) is 0 Å². The summed E-state index contributed by atoms with van der Waals surface area (Å²) >= 11 is 0. The van der Waals surface area contributed by atoms with E-state index in [1.807, 2.05) is 30.3 Å². The van der Waals surface area contributed by atoms with Crippen LogP contribution < -0.4 is 4.74 Å². The molecule has 0 atom stereocenters. The number of halogens is 5. The van der Waals surface area contributed by atoms with Gasteiger partial charge in [0.05, 0.1) is 112 Å². The van der Waals surface area contributed by atoms with Gasteiger partial charge in [0.1, 0.15) is 0 Å². The maximum atomic E-state index is 13.5. The molecule has 0 aromatic heterocycles. The molecule has 0 saturated carbocycles. The Hall–Kier alpha value is -2.76. The fourth-order valence-electron chi connectivity index (χ4n) is 3.30. The first-order chi connectivity index (χ1) is 21.9. The average Bonchev–Trinajstić information content (AvgIpc) is 3.05. The van der Waals surface area contributed by atoms with Gasteiger partial charge in [-0.1, -0.05) is 30.3 Å². The Morgan fingerprint density at radius 3 is 1.18 bits per heavy atom. The number of hydrogen-bond donors (Lipinski definition) is 0. The van der Waals surface area contributed by atoms with Crippen LogP contribution in [0.4, 0.5) is 22.0 Å². The van der Waals surface area contributed by atoms with Crippen molar-refractivity contribution in [3.8, 4) is 5.75 Å². The molecule has 0 amide bonds. The summed E-state index contributed by atoms with van der Waals surface area (Å²) in [6.07, 6.45) is -0.482. The summed E-state index contributed by atoms with van der Waals surface area (Å²) in [5.41, 5.74) is 1.13. The van der Waals surface area contributed by atoms with E-state index in [0.29, 0.717) is 79.3 Å². The molecule has 45 heavy (non-hydrogen) atoms. The Labute approximate surface area is 258 Å². The molecule has 0 saturated heterocycles. The number of carbonyl (C=O) groups excluding carboxylic acids is 1. The lowest BCUT2D eigenvalue weighted by Gasteiger charge is -2.09. The van der Waals surface area contributed by atoms with Crippen molar-refractivity contribution < 1.29 is 69.4 Å². The molecule has 0 N–H and O–H groups in total. The fraction of sp³-hybridized carbons (Fsp3) is 0.567. The van der Waals surface area contributed by atoms with E-state index in [4.69, 9.17) is 37.9 Å². The van der Waals surface area contributed by atoms with Crippen molar-refractivity contribution in [2.45, 2.75) is 13.0 Å². The van der Waals surface area contributed by atoms with Crippen molar-refractivity contribution in [1.29, 1.82) is 0 Å². The summed E-state index contributed by atoms with van der Waals surface area (Å²) in [6.45, 7) is 5.69. The maximum absolute atomic E-state index is 13.5. The lowest BCUT2D eigenvalue weighted by molar-refractivity contribution is -0.136. The fourth-order valence-corrected chi connectivity index (χ4v) is 3.30. The van der Waals surface area contributed by atoms with Crippen LogP contribution in [-0.4, -0.2) is 105 Å². The minimum atomic E-state index is -2.35. The molecule has 0 fully saturated rings. The van der Waals surface area contributed by atoms with Crippen molar-refractivity contribution in [3.05, 3.63) is 65.0 Å². The van der Waals surface area contributed by atoms with Gasteiger partial charge in [-0.15, -0.1) is 0 Å². The molecule has 2 aromatic carbocycles. The molecule has 0 spiro atoms. The van der Waals surface area contributed by atoms with Crippen LogP contribution in [-0.2, 0) is 49.3 Å². The second-order valence-corrected chi connectivity index (χ2v) is 8.95. The van der Waals surface area contributed by atoms with E-state index in [1.165, 1.54) is 0 Å². The van der Waals surface area contributed by atoms with Crippen molar-refractivity contribution in [3.63, 3.8) is 0 Å². The average molecular weight is 655 g/mol. The van der Waals surface area contributed by atoms with Crippen LogP contribution in [0.2, 0.25) is 0 Å². The molecule has 0 aliphatic carbocycles. The third kappa shape index (κ3) is 16.9. The first-order valence-electron chi connectivity index (χ1n) is 14.3. The molecule has 2 rings (SSSR count). The molecule has 0 radical (unpaired) electrons. The maximum Gasteiger partial charge on any atom is 0.313 e. The van der Waals surface area contributed by atoms with Crippen molar-refractivity contribution in [2.24, 2.45) is 0 Å². The SMILES string of the molecule is O=C(CCOCCOCCOCCOCCOCCOCCOCCOCc1ccccc1)Oc1c(F)c(F)c(F)c(F)c1F. The summed E-state index contributed by atoms with van der Waals surface area (Å²) in [6, 6.07) is 9.93. The Bertz CT molecular complexity index is 1050. The Morgan fingerprint density at radius 1 is 0.444 bits per heavy atom. The minimum Gasteiger partial charge on any atom is -0.420 e. The van der Waals surface area contributed by atoms with Crippen LogP contribution in [0, 0.1) is 29.1 Å². The van der Waals surface area contributed by atoms with Gasteiger partial charge in [0.25, 0.3) is 0 Å². The zero-order valence-electron chi connectivity index (χ0n) is 24.9. The quantitative estimate of drug-likeness (QED) is 0.0351. The van der Waals surface area contributed by atoms with Gasteiger partial charge in [-0.25, -0.2) is 13.2 Å². The van der Waals surface area contributed by atoms with Crippen molar-refractivity contribution in [1.82, 2.24) is 0 Å². The lowest BCUT2D eigenvalue weighted by Crippen LogP contribution is -2.16. The topological polar surface area (TPSA) is 100 Å². The standard InChI is InChI=1S/C30H39F5O10/c31-25-26(32)28(34)30(29(35)27(25)33)45-24(36)6-7-37-8-9-38-10-11-39-12-13-40-14-15-41-16-17-42-18-19-43-20-21-44-22-23-4-2-1-3-5-23/h1-5H,6-22H2. The number of rotatable bonds is 27. The van der Waals surface area contributed by atoms with Crippen LogP contribution >= 0.6 is 0 Å². The molecule has 0 unspecified atom stereocenters. The van der Waals surface area contributed by atoms with Crippen LogP contribution in [0.1, 0.15) is 12.0 Å². The Kier molecular flexibility index (Phi) is 20.9. The smallest absolute Gasteiger partial charge is 0.313 e. The molecular weight excluding hydrogens is 615 g/mol. The normalized spacial score (nSPS) is 11.3. The monoisotopic (exact) mass is 654 g/mol. The van der Waals surface area contributed by atoms with Gasteiger partial charge in [-0.2, -0.15) is 8.78 Å². The molecule has 2 aromatic rings. The van der Waals surface area contributed by atoms with Gasteiger partial charge in [-0.05, 0) is 5.56 Å². The predicted octanol–water partition coefficient (Wildman–Crippen LogP) is 4.01. The van der Waals surface area contributed by atoms with Gasteiger partial charge < -0.3 is 42.6 Å². The lowest BCUT2D eigenvalue weighted by atomic mass is 10.2. The van der Waals surface area contributed by atoms with Crippen LogP contribution in [0.25, 0.3) is 0 Å². The van der Waals surface area contributed by atoms with E-state index in [2.05, 4.69) is 4.74 Å². The highest BCUT2D eigenvalue weighted by atomic mass is 19.2. The van der Waals surface area contributed by atoms with E-state index in [9.17, 15) is 26.7 Å². The number of ether oxygens (including phenoxy) is 9. The second kappa shape index (κ2) is 24.5. The van der Waals surface area contributed by atoms with Crippen LogP contribution in [0.5, 0.6) is 5.75 Å². The van der Waals surface area contributed by atoms with Crippen molar-refractivity contribution in [2.75, 3.05) is 99.1 Å². The summed E-state index contributed by atoms with van der Waals surface area (Å²) in [7, 11) is 0. The van der Waals surface area contributed by atoms with Crippen molar-refractivity contribution >= 4 is 5.97 Å². The van der Waals surface area contributed by atoms with E-state index in [-0.39, 0.29) is 26.4 Å².